The van der Waals surface area contributed by atoms with Crippen LogP contribution in [-0.2, 0) is 20.7 Å². The number of aliphatic hydroxyl groups is 1. The number of ether oxygens (including phenoxy) is 2. The van der Waals surface area contributed by atoms with Crippen LogP contribution < -0.4 is 0 Å². The van der Waals surface area contributed by atoms with Crippen molar-refractivity contribution in [3.05, 3.63) is 35.9 Å². The fourth-order valence-electron chi connectivity index (χ4n) is 4.17. The first-order valence-corrected chi connectivity index (χ1v) is 10.8. The minimum Gasteiger partial charge on any atom is -0.444 e. The lowest BCUT2D eigenvalue weighted by Crippen LogP contribution is -2.52. The molecule has 0 radical (unpaired) electrons. The van der Waals surface area contributed by atoms with Crippen LogP contribution in [0.1, 0.15) is 46.1 Å². The average molecular weight is 433 g/mol. The second-order valence-corrected chi connectivity index (χ2v) is 9.31. The van der Waals surface area contributed by atoms with E-state index in [9.17, 15) is 19.5 Å². The Morgan fingerprint density at radius 2 is 1.94 bits per heavy atom. The SMILES string of the molecule is C[C@@H]1CN(C(=O)C(Cc2ccccc2)C(O)C2CCCN2C(=O)OC(C)(C)C)C(=O)O1. The van der Waals surface area contributed by atoms with Crippen LogP contribution in [0.25, 0.3) is 0 Å². The Bertz CT molecular complexity index is 806. The Morgan fingerprint density at radius 3 is 2.52 bits per heavy atom. The number of carbonyl (C=O) groups excluding carboxylic acids is 3. The van der Waals surface area contributed by atoms with Crippen molar-refractivity contribution < 1.29 is 29.0 Å². The molecule has 0 saturated carbocycles. The number of nitrogens with zero attached hydrogens (tertiary/aromatic N) is 2. The molecule has 0 bridgehead atoms. The highest BCUT2D eigenvalue weighted by Crippen LogP contribution is 2.29. The molecular weight excluding hydrogens is 400 g/mol. The molecule has 0 aliphatic carbocycles. The van der Waals surface area contributed by atoms with E-state index in [0.29, 0.717) is 19.4 Å². The molecule has 1 N–H and O–H groups in total. The van der Waals surface area contributed by atoms with Crippen molar-refractivity contribution in [2.75, 3.05) is 13.1 Å². The summed E-state index contributed by atoms with van der Waals surface area (Å²) in [5, 5.41) is 11.3. The van der Waals surface area contributed by atoms with Gasteiger partial charge in [0.05, 0.1) is 24.6 Å². The number of benzene rings is 1. The first kappa shape index (κ1) is 23.1. The fraction of sp³-hybridized carbons (Fsp3) is 0.609. The van der Waals surface area contributed by atoms with Crippen LogP contribution in [0.3, 0.4) is 0 Å². The van der Waals surface area contributed by atoms with Gasteiger partial charge in [0.15, 0.2) is 0 Å². The molecule has 0 aromatic heterocycles. The topological polar surface area (TPSA) is 96.4 Å². The summed E-state index contributed by atoms with van der Waals surface area (Å²) in [5.74, 6) is -1.38. The van der Waals surface area contributed by atoms with E-state index < -0.39 is 47.9 Å². The number of hydrogen-bond donors (Lipinski definition) is 1. The number of hydrogen-bond acceptors (Lipinski definition) is 6. The zero-order chi connectivity index (χ0) is 22.8. The van der Waals surface area contributed by atoms with Gasteiger partial charge in [-0.2, -0.15) is 0 Å². The van der Waals surface area contributed by atoms with E-state index in [4.69, 9.17) is 9.47 Å². The van der Waals surface area contributed by atoms with Crippen molar-refractivity contribution >= 4 is 18.1 Å². The predicted molar refractivity (Wildman–Crippen MR) is 113 cm³/mol. The molecule has 2 aliphatic heterocycles. The van der Waals surface area contributed by atoms with Gasteiger partial charge < -0.3 is 19.5 Å². The van der Waals surface area contributed by atoms with Gasteiger partial charge in [-0.05, 0) is 52.5 Å². The lowest BCUT2D eigenvalue weighted by Gasteiger charge is -2.34. The minimum atomic E-state index is -1.15. The smallest absolute Gasteiger partial charge is 0.416 e. The lowest BCUT2D eigenvalue weighted by molar-refractivity contribution is -0.137. The first-order valence-electron chi connectivity index (χ1n) is 10.8. The summed E-state index contributed by atoms with van der Waals surface area (Å²) in [6.45, 7) is 7.67. The van der Waals surface area contributed by atoms with Gasteiger partial charge >= 0.3 is 12.2 Å². The number of rotatable bonds is 5. The molecule has 3 rings (SSSR count). The molecular formula is C23H32N2O6. The Morgan fingerprint density at radius 1 is 1.26 bits per heavy atom. The molecule has 4 atom stereocenters. The highest BCUT2D eigenvalue weighted by Gasteiger charge is 2.45. The molecule has 1 aromatic carbocycles. The van der Waals surface area contributed by atoms with E-state index in [1.807, 2.05) is 30.3 Å². The number of cyclic esters (lactones) is 1. The fourth-order valence-corrected chi connectivity index (χ4v) is 4.17. The quantitative estimate of drug-likeness (QED) is 0.768. The summed E-state index contributed by atoms with van der Waals surface area (Å²) in [6, 6.07) is 8.77. The minimum absolute atomic E-state index is 0.149. The Labute approximate surface area is 183 Å². The molecule has 1 aromatic rings. The van der Waals surface area contributed by atoms with Gasteiger partial charge in [0.25, 0.3) is 0 Å². The molecule has 2 saturated heterocycles. The van der Waals surface area contributed by atoms with Crippen molar-refractivity contribution in [3.63, 3.8) is 0 Å². The van der Waals surface area contributed by atoms with Crippen LogP contribution in [0.2, 0.25) is 0 Å². The monoisotopic (exact) mass is 432 g/mol. The molecule has 3 amide bonds. The Kier molecular flexibility index (Phi) is 6.89. The van der Waals surface area contributed by atoms with Crippen molar-refractivity contribution in [2.45, 2.75) is 70.8 Å². The molecule has 3 unspecified atom stereocenters. The number of aliphatic hydroxyl groups excluding tert-OH is 1. The summed E-state index contributed by atoms with van der Waals surface area (Å²) in [6.07, 6.45) is -1.23. The lowest BCUT2D eigenvalue weighted by atomic mass is 9.87. The van der Waals surface area contributed by atoms with E-state index >= 15 is 0 Å². The van der Waals surface area contributed by atoms with E-state index in [1.165, 1.54) is 4.90 Å². The normalized spacial score (nSPS) is 23.5. The zero-order valence-electron chi connectivity index (χ0n) is 18.6. The van der Waals surface area contributed by atoms with E-state index in [-0.39, 0.29) is 13.0 Å². The van der Waals surface area contributed by atoms with E-state index in [1.54, 1.807) is 27.7 Å². The maximum Gasteiger partial charge on any atom is 0.416 e. The maximum absolute atomic E-state index is 13.3. The third-order valence-corrected chi connectivity index (χ3v) is 5.58. The van der Waals surface area contributed by atoms with Gasteiger partial charge in [0.2, 0.25) is 5.91 Å². The van der Waals surface area contributed by atoms with Gasteiger partial charge in [-0.3, -0.25) is 4.79 Å². The van der Waals surface area contributed by atoms with Gasteiger partial charge in [-0.1, -0.05) is 30.3 Å². The summed E-state index contributed by atoms with van der Waals surface area (Å²) in [5.41, 5.74) is 0.200. The summed E-state index contributed by atoms with van der Waals surface area (Å²) < 4.78 is 10.6. The zero-order valence-corrected chi connectivity index (χ0v) is 18.6. The predicted octanol–water partition coefficient (Wildman–Crippen LogP) is 2.97. The standard InChI is InChI=1S/C23H32N2O6/c1-15-14-25(21(28)30-15)20(27)17(13-16-9-6-5-7-10-16)19(26)18-11-8-12-24(18)22(29)31-23(2,3)4/h5-7,9-10,15,17-19,26H,8,11-14H2,1-4H3/t15-,17?,18?,19?/m1/s1. The van der Waals surface area contributed by atoms with Crippen LogP contribution in [0.15, 0.2) is 30.3 Å². The molecule has 2 aliphatic rings. The second-order valence-electron chi connectivity index (χ2n) is 9.31. The molecule has 2 fully saturated rings. The van der Waals surface area contributed by atoms with Gasteiger partial charge in [0.1, 0.15) is 11.7 Å². The third kappa shape index (κ3) is 5.55. The van der Waals surface area contributed by atoms with Crippen LogP contribution in [-0.4, -0.2) is 69.9 Å². The highest BCUT2D eigenvalue weighted by molar-refractivity contribution is 5.95. The molecule has 0 spiro atoms. The van der Waals surface area contributed by atoms with Crippen LogP contribution in [0, 0.1) is 5.92 Å². The molecule has 8 nitrogen and oxygen atoms in total. The van der Waals surface area contributed by atoms with Crippen molar-refractivity contribution in [3.8, 4) is 0 Å². The molecule has 31 heavy (non-hydrogen) atoms. The van der Waals surface area contributed by atoms with E-state index in [2.05, 4.69) is 0 Å². The van der Waals surface area contributed by atoms with Gasteiger partial charge in [-0.25, -0.2) is 14.5 Å². The van der Waals surface area contributed by atoms with Crippen LogP contribution >= 0.6 is 0 Å². The summed E-state index contributed by atoms with van der Waals surface area (Å²) >= 11 is 0. The van der Waals surface area contributed by atoms with Crippen molar-refractivity contribution in [1.29, 1.82) is 0 Å². The number of amides is 3. The highest BCUT2D eigenvalue weighted by atomic mass is 16.6. The van der Waals surface area contributed by atoms with Crippen molar-refractivity contribution in [1.82, 2.24) is 9.80 Å². The summed E-state index contributed by atoms with van der Waals surface area (Å²) in [7, 11) is 0. The molecule has 170 valence electrons. The van der Waals surface area contributed by atoms with Crippen LogP contribution in [0.4, 0.5) is 9.59 Å². The van der Waals surface area contributed by atoms with E-state index in [0.717, 1.165) is 10.5 Å². The third-order valence-electron chi connectivity index (χ3n) is 5.58. The Hall–Kier alpha value is -2.61. The maximum atomic E-state index is 13.3. The number of carbonyl (C=O) groups is 3. The average Bonchev–Trinajstić information content (AvgIpc) is 3.31. The molecule has 2 heterocycles. The number of imide groups is 1. The second kappa shape index (κ2) is 9.26. The Balaban J connectivity index is 1.84. The van der Waals surface area contributed by atoms with Gasteiger partial charge in [0, 0.05) is 6.54 Å². The van der Waals surface area contributed by atoms with Crippen molar-refractivity contribution in [2.24, 2.45) is 5.92 Å². The summed E-state index contributed by atoms with van der Waals surface area (Å²) in [4.78, 5) is 40.8. The molecule has 8 heteroatoms. The first-order chi connectivity index (χ1) is 14.6. The van der Waals surface area contributed by atoms with Gasteiger partial charge in [-0.15, -0.1) is 0 Å². The largest absolute Gasteiger partial charge is 0.444 e. The van der Waals surface area contributed by atoms with Crippen LogP contribution in [0.5, 0.6) is 0 Å². The number of likely N-dealkylation sites (tertiary alicyclic amines) is 1.